The lowest BCUT2D eigenvalue weighted by Gasteiger charge is -2.18. The third-order valence-corrected chi connectivity index (χ3v) is 7.47. The molecule has 0 saturated carbocycles. The quantitative estimate of drug-likeness (QED) is 0.233. The number of halogens is 1. The summed E-state index contributed by atoms with van der Waals surface area (Å²) in [6.45, 7) is 3.93. The minimum Gasteiger partial charge on any atom is -0.328 e. The summed E-state index contributed by atoms with van der Waals surface area (Å²) in [5.74, 6) is 1.36. The maximum atomic E-state index is 12.9. The highest BCUT2D eigenvalue weighted by atomic mass is 79.9. The Morgan fingerprint density at radius 2 is 1.58 bits per heavy atom. The van der Waals surface area contributed by atoms with Crippen LogP contribution >= 0.6 is 15.9 Å². The second-order valence-corrected chi connectivity index (χ2v) is 10.1. The highest BCUT2D eigenvalue weighted by Gasteiger charge is 2.35. The topological polar surface area (TPSA) is 38.1 Å². The summed E-state index contributed by atoms with van der Waals surface area (Å²) in [6.07, 6.45) is 12.4. The Morgan fingerprint density at radius 3 is 2.33 bits per heavy atom. The minimum absolute atomic E-state index is 0.121. The third kappa shape index (κ3) is 5.87. The van der Waals surface area contributed by atoms with Gasteiger partial charge in [-0.25, -0.2) is 4.98 Å². The predicted molar refractivity (Wildman–Crippen MR) is 141 cm³/mol. The van der Waals surface area contributed by atoms with E-state index >= 15 is 0 Å². The monoisotopic (exact) mass is 509 g/mol. The Balaban J connectivity index is 1.41. The van der Waals surface area contributed by atoms with Crippen molar-refractivity contribution >= 4 is 38.6 Å². The Labute approximate surface area is 206 Å². The number of imidazole rings is 1. The summed E-state index contributed by atoms with van der Waals surface area (Å²) in [6, 6.07) is 16.4. The van der Waals surface area contributed by atoms with Gasteiger partial charge < -0.3 is 9.47 Å². The first-order valence-corrected chi connectivity index (χ1v) is 13.5. The molecule has 0 bridgehead atoms. The molecule has 1 aromatic heterocycles. The normalized spacial score (nSPS) is 16.2. The van der Waals surface area contributed by atoms with Gasteiger partial charge in [-0.15, -0.1) is 0 Å². The second kappa shape index (κ2) is 11.8. The first-order valence-electron chi connectivity index (χ1n) is 12.7. The SMILES string of the molecule is CCCCCCCCCCCn1c(C2CC(=O)N(c3ccccc3Br)C2)nc2ccccc21. The summed E-state index contributed by atoms with van der Waals surface area (Å²) in [5.41, 5.74) is 3.18. The van der Waals surface area contributed by atoms with E-state index in [1.54, 1.807) is 0 Å². The molecule has 2 heterocycles. The number of aromatic nitrogens is 2. The number of anilines is 1. The van der Waals surface area contributed by atoms with E-state index in [1.165, 1.54) is 56.9 Å². The van der Waals surface area contributed by atoms with Crippen LogP contribution in [-0.4, -0.2) is 22.0 Å². The average Bonchev–Trinajstić information content (AvgIpc) is 3.39. The van der Waals surface area contributed by atoms with Crippen molar-refractivity contribution in [3.05, 3.63) is 58.8 Å². The van der Waals surface area contributed by atoms with Crippen molar-refractivity contribution in [3.8, 4) is 0 Å². The Morgan fingerprint density at radius 1 is 0.909 bits per heavy atom. The van der Waals surface area contributed by atoms with Gasteiger partial charge >= 0.3 is 0 Å². The summed E-state index contributed by atoms with van der Waals surface area (Å²) < 4.78 is 3.35. The van der Waals surface area contributed by atoms with Crippen LogP contribution in [0.3, 0.4) is 0 Å². The van der Waals surface area contributed by atoms with E-state index in [0.29, 0.717) is 13.0 Å². The van der Waals surface area contributed by atoms with Gasteiger partial charge in [0, 0.05) is 29.9 Å². The molecular formula is C28H36BrN3O. The Bertz CT molecular complexity index is 1060. The summed E-state index contributed by atoms with van der Waals surface area (Å²) in [4.78, 5) is 19.9. The molecule has 1 fully saturated rings. The number of hydrogen-bond donors (Lipinski definition) is 0. The molecule has 1 aliphatic rings. The van der Waals surface area contributed by atoms with E-state index in [2.05, 4.69) is 51.7 Å². The fourth-order valence-electron chi connectivity index (χ4n) is 5.01. The van der Waals surface area contributed by atoms with Crippen molar-refractivity contribution in [2.24, 2.45) is 0 Å². The van der Waals surface area contributed by atoms with Gasteiger partial charge in [0.25, 0.3) is 0 Å². The van der Waals surface area contributed by atoms with E-state index in [1.807, 2.05) is 29.2 Å². The van der Waals surface area contributed by atoms with Crippen LogP contribution in [-0.2, 0) is 11.3 Å². The van der Waals surface area contributed by atoms with Crippen molar-refractivity contribution in [3.63, 3.8) is 0 Å². The summed E-state index contributed by atoms with van der Waals surface area (Å²) in [5, 5.41) is 0. The van der Waals surface area contributed by atoms with Gasteiger partial charge in [0.05, 0.1) is 16.7 Å². The fourth-order valence-corrected chi connectivity index (χ4v) is 5.50. The van der Waals surface area contributed by atoms with Gasteiger partial charge in [0.15, 0.2) is 0 Å². The van der Waals surface area contributed by atoms with Crippen LogP contribution in [0, 0.1) is 0 Å². The van der Waals surface area contributed by atoms with Gasteiger partial charge in [0.2, 0.25) is 5.91 Å². The van der Waals surface area contributed by atoms with Crippen molar-refractivity contribution < 1.29 is 4.79 Å². The van der Waals surface area contributed by atoms with Crippen LogP contribution in [0.4, 0.5) is 5.69 Å². The summed E-state index contributed by atoms with van der Waals surface area (Å²) in [7, 11) is 0. The summed E-state index contributed by atoms with van der Waals surface area (Å²) >= 11 is 3.61. The van der Waals surface area contributed by atoms with E-state index in [9.17, 15) is 4.79 Å². The first-order chi connectivity index (χ1) is 16.2. The molecule has 33 heavy (non-hydrogen) atoms. The molecule has 4 rings (SSSR count). The van der Waals surface area contributed by atoms with Crippen molar-refractivity contribution in [2.75, 3.05) is 11.4 Å². The number of aryl methyl sites for hydroxylation is 1. The fraction of sp³-hybridized carbons (Fsp3) is 0.500. The average molecular weight is 511 g/mol. The van der Waals surface area contributed by atoms with Crippen molar-refractivity contribution in [1.29, 1.82) is 0 Å². The van der Waals surface area contributed by atoms with Crippen LogP contribution in [0.5, 0.6) is 0 Å². The van der Waals surface area contributed by atoms with Crippen LogP contribution < -0.4 is 4.90 Å². The predicted octanol–water partition coefficient (Wildman–Crippen LogP) is 7.85. The number of nitrogens with zero attached hydrogens (tertiary/aromatic N) is 3. The Kier molecular flexibility index (Phi) is 8.60. The number of amides is 1. The smallest absolute Gasteiger partial charge is 0.227 e. The maximum absolute atomic E-state index is 12.9. The van der Waals surface area contributed by atoms with Gasteiger partial charge in [-0.2, -0.15) is 0 Å². The lowest BCUT2D eigenvalue weighted by molar-refractivity contribution is -0.117. The molecule has 1 atom stereocenters. The Hall–Kier alpha value is -2.14. The van der Waals surface area contributed by atoms with Gasteiger partial charge in [-0.3, -0.25) is 4.79 Å². The van der Waals surface area contributed by atoms with E-state index in [0.717, 1.165) is 34.5 Å². The molecule has 176 valence electrons. The number of fused-ring (bicyclic) bond motifs is 1. The lowest BCUT2D eigenvalue weighted by atomic mass is 10.1. The van der Waals surface area contributed by atoms with Gasteiger partial charge in [-0.1, -0.05) is 82.6 Å². The molecule has 0 spiro atoms. The maximum Gasteiger partial charge on any atom is 0.227 e. The molecule has 4 nitrogen and oxygen atoms in total. The van der Waals surface area contributed by atoms with E-state index in [-0.39, 0.29) is 11.8 Å². The molecule has 0 N–H and O–H groups in total. The molecule has 5 heteroatoms. The van der Waals surface area contributed by atoms with E-state index < -0.39 is 0 Å². The standard InChI is InChI=1S/C28H36BrN3O/c1-2-3-4-5-6-7-8-9-14-19-31-26-18-13-11-16-24(26)30-28(31)22-20-27(33)32(21-22)25-17-12-10-15-23(25)29/h10-13,15-18,22H,2-9,14,19-21H2,1H3. The molecule has 0 aliphatic carbocycles. The minimum atomic E-state index is 0.121. The van der Waals surface area contributed by atoms with Gasteiger partial charge in [-0.05, 0) is 46.6 Å². The largest absolute Gasteiger partial charge is 0.328 e. The molecule has 3 aromatic rings. The molecule has 1 amide bonds. The number of carbonyl (C=O) groups is 1. The second-order valence-electron chi connectivity index (χ2n) is 9.30. The van der Waals surface area contributed by atoms with Crippen molar-refractivity contribution in [2.45, 2.75) is 83.6 Å². The highest BCUT2D eigenvalue weighted by molar-refractivity contribution is 9.10. The number of rotatable bonds is 12. The van der Waals surface area contributed by atoms with Gasteiger partial charge in [0.1, 0.15) is 5.82 Å². The number of carbonyl (C=O) groups excluding carboxylic acids is 1. The van der Waals surface area contributed by atoms with Crippen LogP contribution in [0.1, 0.15) is 82.9 Å². The zero-order valence-electron chi connectivity index (χ0n) is 19.8. The zero-order chi connectivity index (χ0) is 23.0. The highest BCUT2D eigenvalue weighted by Crippen LogP contribution is 2.36. The molecule has 2 aromatic carbocycles. The number of benzene rings is 2. The molecular weight excluding hydrogens is 474 g/mol. The number of unbranched alkanes of at least 4 members (excludes halogenated alkanes) is 8. The first kappa shape index (κ1) is 24.0. The molecule has 1 aliphatic heterocycles. The lowest BCUT2D eigenvalue weighted by Crippen LogP contribution is -2.25. The number of hydrogen-bond acceptors (Lipinski definition) is 2. The third-order valence-electron chi connectivity index (χ3n) is 6.80. The van der Waals surface area contributed by atoms with Crippen LogP contribution in [0.15, 0.2) is 53.0 Å². The molecule has 1 unspecified atom stereocenters. The van der Waals surface area contributed by atoms with Crippen LogP contribution in [0.25, 0.3) is 11.0 Å². The van der Waals surface area contributed by atoms with E-state index in [4.69, 9.17) is 4.98 Å². The molecule has 0 radical (unpaired) electrons. The van der Waals surface area contributed by atoms with Crippen molar-refractivity contribution in [1.82, 2.24) is 9.55 Å². The number of para-hydroxylation sites is 3. The van der Waals surface area contributed by atoms with Crippen LogP contribution in [0.2, 0.25) is 0 Å². The zero-order valence-corrected chi connectivity index (χ0v) is 21.4. The molecule has 1 saturated heterocycles.